The minimum Gasteiger partial charge on any atom is -0.438 e. The highest BCUT2D eigenvalue weighted by Crippen LogP contribution is 2.32. The Morgan fingerprint density at radius 2 is 1.77 bits per heavy atom. The van der Waals surface area contributed by atoms with Crippen LogP contribution in [0.3, 0.4) is 0 Å². The number of hydrogen-bond acceptors (Lipinski definition) is 4. The van der Waals surface area contributed by atoms with Gasteiger partial charge >= 0.3 is 0 Å². The molecule has 5 nitrogen and oxygen atoms in total. The third kappa shape index (κ3) is 3.34. The monoisotopic (exact) mass is 402 g/mol. The Kier molecular flexibility index (Phi) is 4.55. The number of alkyl halides is 1. The van der Waals surface area contributed by atoms with Crippen LogP contribution in [0.1, 0.15) is 0 Å². The van der Waals surface area contributed by atoms with Crippen LogP contribution in [-0.2, 0) is 6.54 Å². The molecule has 7 heteroatoms. The number of benzene rings is 2. The van der Waals surface area contributed by atoms with Crippen molar-refractivity contribution >= 4 is 11.1 Å². The number of nitrogens with zero attached hydrogens (tertiary/aromatic N) is 4. The summed E-state index contributed by atoms with van der Waals surface area (Å²) in [4.78, 5) is 9.04. The molecule has 0 N–H and O–H groups in total. The Labute approximate surface area is 170 Å². The lowest BCUT2D eigenvalue weighted by Gasteiger charge is -2.01. The first-order valence-electron chi connectivity index (χ1n) is 9.43. The number of aryl methyl sites for hydroxylation is 1. The van der Waals surface area contributed by atoms with E-state index >= 15 is 0 Å². The van der Waals surface area contributed by atoms with Crippen molar-refractivity contribution in [3.05, 3.63) is 78.9 Å². The molecule has 0 aliphatic heterocycles. The largest absolute Gasteiger partial charge is 0.438 e. The fourth-order valence-corrected chi connectivity index (χ4v) is 3.31. The summed E-state index contributed by atoms with van der Waals surface area (Å²) in [6.07, 6.45) is 3.38. The first kappa shape index (κ1) is 18.2. The van der Waals surface area contributed by atoms with Gasteiger partial charge in [-0.1, -0.05) is 30.3 Å². The van der Waals surface area contributed by atoms with Gasteiger partial charge in [-0.15, -0.1) is 0 Å². The van der Waals surface area contributed by atoms with Gasteiger partial charge in [-0.05, 0) is 30.3 Å². The van der Waals surface area contributed by atoms with Crippen LogP contribution in [0.2, 0.25) is 0 Å². The molecule has 0 bridgehead atoms. The van der Waals surface area contributed by atoms with Crippen LogP contribution in [0.25, 0.3) is 45.1 Å². The number of halogens is 2. The van der Waals surface area contributed by atoms with Crippen molar-refractivity contribution in [1.29, 1.82) is 0 Å². The smallest absolute Gasteiger partial charge is 0.230 e. The van der Waals surface area contributed by atoms with Crippen molar-refractivity contribution in [2.24, 2.45) is 0 Å². The zero-order valence-electron chi connectivity index (χ0n) is 15.8. The second-order valence-electron chi connectivity index (χ2n) is 6.78. The van der Waals surface area contributed by atoms with E-state index in [4.69, 9.17) is 4.42 Å². The molecule has 0 unspecified atom stereocenters. The van der Waals surface area contributed by atoms with Gasteiger partial charge in [0.25, 0.3) is 0 Å². The number of rotatable bonds is 5. The van der Waals surface area contributed by atoms with Gasteiger partial charge in [-0.25, -0.2) is 13.8 Å². The SMILES string of the molecule is FCCn1cc(-c2ncc3cc(-c4ccccc4)oc3n2)c(-c2ccc(F)cc2)n1. The highest BCUT2D eigenvalue weighted by Gasteiger charge is 2.17. The van der Waals surface area contributed by atoms with Crippen LogP contribution < -0.4 is 0 Å². The van der Waals surface area contributed by atoms with Gasteiger partial charge in [0.1, 0.15) is 23.9 Å². The Bertz CT molecular complexity index is 1310. The molecule has 5 rings (SSSR count). The van der Waals surface area contributed by atoms with Gasteiger partial charge in [0.15, 0.2) is 5.82 Å². The molecule has 0 atom stereocenters. The van der Waals surface area contributed by atoms with Crippen molar-refractivity contribution in [3.63, 3.8) is 0 Å². The molecular weight excluding hydrogens is 386 g/mol. The van der Waals surface area contributed by atoms with Gasteiger partial charge in [0, 0.05) is 23.5 Å². The zero-order chi connectivity index (χ0) is 20.5. The standard InChI is InChI=1S/C23H16F2N4O/c24-10-11-29-14-19(21(28-29)16-6-8-18(25)9-7-16)22-26-13-17-12-20(30-23(17)27-22)15-4-2-1-3-5-15/h1-9,12-14H,10-11H2. The molecule has 0 saturated heterocycles. The van der Waals surface area contributed by atoms with E-state index in [1.807, 2.05) is 36.4 Å². The molecule has 30 heavy (non-hydrogen) atoms. The molecule has 3 aromatic heterocycles. The molecule has 148 valence electrons. The summed E-state index contributed by atoms with van der Waals surface area (Å²) in [6, 6.07) is 17.6. The number of hydrogen-bond donors (Lipinski definition) is 0. The summed E-state index contributed by atoms with van der Waals surface area (Å²) in [5.41, 5.74) is 3.26. The average Bonchev–Trinajstić information content (AvgIpc) is 3.39. The molecular formula is C23H16F2N4O. The van der Waals surface area contributed by atoms with E-state index in [9.17, 15) is 8.78 Å². The van der Waals surface area contributed by atoms with E-state index in [0.717, 1.165) is 10.9 Å². The van der Waals surface area contributed by atoms with Crippen LogP contribution in [0.5, 0.6) is 0 Å². The predicted molar refractivity (Wildman–Crippen MR) is 110 cm³/mol. The quantitative estimate of drug-likeness (QED) is 0.388. The van der Waals surface area contributed by atoms with Crippen LogP contribution in [0.15, 0.2) is 77.5 Å². The second kappa shape index (κ2) is 7.51. The lowest BCUT2D eigenvalue weighted by atomic mass is 10.1. The molecule has 3 heterocycles. The fourth-order valence-electron chi connectivity index (χ4n) is 3.31. The molecule has 0 aliphatic rings. The molecule has 5 aromatic rings. The summed E-state index contributed by atoms with van der Waals surface area (Å²) < 4.78 is 33.7. The maximum absolute atomic E-state index is 13.4. The molecule has 2 aromatic carbocycles. The van der Waals surface area contributed by atoms with E-state index in [1.54, 1.807) is 24.5 Å². The highest BCUT2D eigenvalue weighted by atomic mass is 19.1. The van der Waals surface area contributed by atoms with Crippen LogP contribution in [-0.4, -0.2) is 26.4 Å². The van der Waals surface area contributed by atoms with Crippen LogP contribution >= 0.6 is 0 Å². The van der Waals surface area contributed by atoms with Crippen molar-refractivity contribution in [3.8, 4) is 34.0 Å². The summed E-state index contributed by atoms with van der Waals surface area (Å²) in [5, 5.41) is 5.23. The summed E-state index contributed by atoms with van der Waals surface area (Å²) in [7, 11) is 0. The zero-order valence-corrected chi connectivity index (χ0v) is 15.8. The predicted octanol–water partition coefficient (Wildman–Crippen LogP) is 5.53. The van der Waals surface area contributed by atoms with E-state index < -0.39 is 6.67 Å². The number of fused-ring (bicyclic) bond motifs is 1. The molecule has 0 aliphatic carbocycles. The molecule has 0 radical (unpaired) electrons. The molecule has 0 spiro atoms. The fraction of sp³-hybridized carbons (Fsp3) is 0.0870. The van der Waals surface area contributed by atoms with Crippen LogP contribution in [0, 0.1) is 5.82 Å². The Morgan fingerprint density at radius 1 is 0.967 bits per heavy atom. The first-order valence-corrected chi connectivity index (χ1v) is 9.43. The maximum Gasteiger partial charge on any atom is 0.230 e. The maximum atomic E-state index is 13.4. The van der Waals surface area contributed by atoms with Crippen molar-refractivity contribution < 1.29 is 13.2 Å². The van der Waals surface area contributed by atoms with E-state index in [1.165, 1.54) is 16.8 Å². The lowest BCUT2D eigenvalue weighted by Crippen LogP contribution is -1.99. The molecule has 0 amide bonds. The van der Waals surface area contributed by atoms with Crippen molar-refractivity contribution in [2.45, 2.75) is 6.54 Å². The normalized spacial score (nSPS) is 11.3. The second-order valence-corrected chi connectivity index (χ2v) is 6.78. The Hall–Kier alpha value is -3.87. The third-order valence-corrected chi connectivity index (χ3v) is 4.77. The third-order valence-electron chi connectivity index (χ3n) is 4.77. The van der Waals surface area contributed by atoms with Gasteiger partial charge in [0.2, 0.25) is 5.71 Å². The Morgan fingerprint density at radius 3 is 2.53 bits per heavy atom. The van der Waals surface area contributed by atoms with Gasteiger partial charge < -0.3 is 4.42 Å². The van der Waals surface area contributed by atoms with Crippen LogP contribution in [0.4, 0.5) is 8.78 Å². The minimum absolute atomic E-state index is 0.106. The number of furan rings is 1. The number of aromatic nitrogens is 4. The highest BCUT2D eigenvalue weighted by molar-refractivity contribution is 5.83. The van der Waals surface area contributed by atoms with Gasteiger partial charge in [-0.3, -0.25) is 4.68 Å². The van der Waals surface area contributed by atoms with E-state index in [2.05, 4.69) is 15.1 Å². The van der Waals surface area contributed by atoms with Crippen molar-refractivity contribution in [1.82, 2.24) is 19.7 Å². The van der Waals surface area contributed by atoms with Crippen molar-refractivity contribution in [2.75, 3.05) is 6.67 Å². The lowest BCUT2D eigenvalue weighted by molar-refractivity contribution is 0.427. The van der Waals surface area contributed by atoms with E-state index in [0.29, 0.717) is 34.1 Å². The summed E-state index contributed by atoms with van der Waals surface area (Å²) in [5.74, 6) is 0.759. The van der Waals surface area contributed by atoms with Gasteiger partial charge in [0.05, 0.1) is 17.5 Å². The first-order chi connectivity index (χ1) is 14.7. The molecule has 0 fully saturated rings. The molecule has 0 saturated carbocycles. The minimum atomic E-state index is -0.553. The topological polar surface area (TPSA) is 56.7 Å². The van der Waals surface area contributed by atoms with Gasteiger partial charge in [-0.2, -0.15) is 10.1 Å². The average molecular weight is 402 g/mol. The van der Waals surface area contributed by atoms with E-state index in [-0.39, 0.29) is 12.4 Å². The summed E-state index contributed by atoms with van der Waals surface area (Å²) in [6.45, 7) is -0.447. The summed E-state index contributed by atoms with van der Waals surface area (Å²) >= 11 is 0. The Balaban J connectivity index is 1.61.